The number of nitrogens with one attached hydrogen (secondary N) is 1. The maximum absolute atomic E-state index is 3.35. The molecule has 1 aromatic carbocycles. The molecule has 72 valence electrons. The Morgan fingerprint density at radius 3 is 2.69 bits per heavy atom. The van der Waals surface area contributed by atoms with Gasteiger partial charge in [-0.3, -0.25) is 0 Å². The Morgan fingerprint density at radius 1 is 1.38 bits per heavy atom. The van der Waals surface area contributed by atoms with E-state index in [0.717, 1.165) is 0 Å². The van der Waals surface area contributed by atoms with E-state index in [4.69, 9.17) is 0 Å². The highest BCUT2D eigenvalue weighted by Crippen LogP contribution is 2.18. The number of benzene rings is 1. The van der Waals surface area contributed by atoms with Crippen LogP contribution >= 0.6 is 0 Å². The molecular formula is C12H19N. The molecule has 0 aromatic heterocycles. The van der Waals surface area contributed by atoms with Crippen LogP contribution in [0.2, 0.25) is 0 Å². The van der Waals surface area contributed by atoms with E-state index in [1.54, 1.807) is 0 Å². The van der Waals surface area contributed by atoms with Gasteiger partial charge >= 0.3 is 0 Å². The molecule has 1 rings (SSSR count). The van der Waals surface area contributed by atoms with Gasteiger partial charge in [-0.25, -0.2) is 0 Å². The van der Waals surface area contributed by atoms with Gasteiger partial charge in [0.1, 0.15) is 0 Å². The second kappa shape index (κ2) is 5.03. The Labute approximate surface area is 81.2 Å². The fourth-order valence-electron chi connectivity index (χ4n) is 1.65. The van der Waals surface area contributed by atoms with Crippen molar-refractivity contribution in [3.05, 3.63) is 35.4 Å². The first kappa shape index (κ1) is 10.3. The molecule has 0 saturated heterocycles. The van der Waals surface area contributed by atoms with Crippen LogP contribution in [-0.2, 0) is 0 Å². The molecule has 1 nitrogen and oxygen atoms in total. The van der Waals surface area contributed by atoms with Crippen molar-refractivity contribution in [2.45, 2.75) is 32.7 Å². The van der Waals surface area contributed by atoms with Crippen molar-refractivity contribution in [2.75, 3.05) is 7.05 Å². The standard InChI is InChI=1S/C12H19N/c1-4-6-12(13-3)11-8-5-7-10(2)9-11/h5,7-9,12-13H,4,6H2,1-3H3. The van der Waals surface area contributed by atoms with Crippen LogP contribution in [0.3, 0.4) is 0 Å². The molecule has 1 N–H and O–H groups in total. The van der Waals surface area contributed by atoms with E-state index in [1.165, 1.54) is 24.0 Å². The van der Waals surface area contributed by atoms with E-state index in [9.17, 15) is 0 Å². The van der Waals surface area contributed by atoms with Gasteiger partial charge in [0.15, 0.2) is 0 Å². The molecule has 0 radical (unpaired) electrons. The van der Waals surface area contributed by atoms with Gasteiger partial charge in [-0.15, -0.1) is 0 Å². The summed E-state index contributed by atoms with van der Waals surface area (Å²) < 4.78 is 0. The highest BCUT2D eigenvalue weighted by Gasteiger charge is 2.06. The number of rotatable bonds is 4. The summed E-state index contributed by atoms with van der Waals surface area (Å²) in [6.45, 7) is 4.36. The Balaban J connectivity index is 2.78. The summed E-state index contributed by atoms with van der Waals surface area (Å²) in [5, 5.41) is 3.35. The summed E-state index contributed by atoms with van der Waals surface area (Å²) in [5.74, 6) is 0. The van der Waals surface area contributed by atoms with Gasteiger partial charge < -0.3 is 5.32 Å². The van der Waals surface area contributed by atoms with Gasteiger partial charge in [-0.05, 0) is 26.0 Å². The van der Waals surface area contributed by atoms with E-state index >= 15 is 0 Å². The Hall–Kier alpha value is -0.820. The molecule has 0 amide bonds. The number of hydrogen-bond acceptors (Lipinski definition) is 1. The summed E-state index contributed by atoms with van der Waals surface area (Å²) in [6, 6.07) is 9.25. The molecule has 13 heavy (non-hydrogen) atoms. The van der Waals surface area contributed by atoms with Crippen LogP contribution in [0.25, 0.3) is 0 Å². The average Bonchev–Trinajstić information content (AvgIpc) is 2.14. The Bertz CT molecular complexity index is 255. The van der Waals surface area contributed by atoms with Crippen molar-refractivity contribution in [2.24, 2.45) is 0 Å². The molecule has 0 aliphatic rings. The molecule has 0 aliphatic heterocycles. The smallest absolute Gasteiger partial charge is 0.0317 e. The molecule has 1 atom stereocenters. The summed E-state index contributed by atoms with van der Waals surface area (Å²) in [6.07, 6.45) is 2.43. The molecule has 0 heterocycles. The fraction of sp³-hybridized carbons (Fsp3) is 0.500. The predicted octanol–water partition coefficient (Wildman–Crippen LogP) is 3.06. The predicted molar refractivity (Wildman–Crippen MR) is 57.9 cm³/mol. The topological polar surface area (TPSA) is 12.0 Å². The van der Waals surface area contributed by atoms with E-state index in [1.807, 2.05) is 7.05 Å². The minimum absolute atomic E-state index is 0.518. The van der Waals surface area contributed by atoms with E-state index in [0.29, 0.717) is 6.04 Å². The van der Waals surface area contributed by atoms with Gasteiger partial charge in [0, 0.05) is 6.04 Å². The third kappa shape index (κ3) is 2.85. The van der Waals surface area contributed by atoms with E-state index in [-0.39, 0.29) is 0 Å². The summed E-state index contributed by atoms with van der Waals surface area (Å²) in [4.78, 5) is 0. The summed E-state index contributed by atoms with van der Waals surface area (Å²) in [5.41, 5.74) is 2.75. The maximum Gasteiger partial charge on any atom is 0.0317 e. The zero-order chi connectivity index (χ0) is 9.68. The van der Waals surface area contributed by atoms with Crippen LogP contribution in [-0.4, -0.2) is 7.05 Å². The lowest BCUT2D eigenvalue weighted by molar-refractivity contribution is 0.541. The lowest BCUT2D eigenvalue weighted by Crippen LogP contribution is -2.15. The lowest BCUT2D eigenvalue weighted by atomic mass is 10.0. The molecule has 0 spiro atoms. The molecule has 1 aromatic rings. The second-order valence-corrected chi connectivity index (χ2v) is 3.54. The minimum Gasteiger partial charge on any atom is -0.313 e. The minimum atomic E-state index is 0.518. The van der Waals surface area contributed by atoms with Crippen molar-refractivity contribution >= 4 is 0 Å². The van der Waals surface area contributed by atoms with Crippen LogP contribution in [0.15, 0.2) is 24.3 Å². The normalized spacial score (nSPS) is 12.8. The number of aryl methyl sites for hydroxylation is 1. The molecule has 0 aliphatic carbocycles. The van der Waals surface area contributed by atoms with Gasteiger partial charge in [-0.1, -0.05) is 43.2 Å². The first-order valence-corrected chi connectivity index (χ1v) is 5.01. The lowest BCUT2D eigenvalue weighted by Gasteiger charge is -2.15. The zero-order valence-corrected chi connectivity index (χ0v) is 8.80. The summed E-state index contributed by atoms with van der Waals surface area (Å²) in [7, 11) is 2.03. The van der Waals surface area contributed by atoms with Crippen molar-refractivity contribution in [3.8, 4) is 0 Å². The highest BCUT2D eigenvalue weighted by atomic mass is 14.9. The van der Waals surface area contributed by atoms with Crippen molar-refractivity contribution in [3.63, 3.8) is 0 Å². The first-order valence-electron chi connectivity index (χ1n) is 5.01. The second-order valence-electron chi connectivity index (χ2n) is 3.54. The van der Waals surface area contributed by atoms with Crippen LogP contribution < -0.4 is 5.32 Å². The van der Waals surface area contributed by atoms with E-state index < -0.39 is 0 Å². The highest BCUT2D eigenvalue weighted by molar-refractivity contribution is 5.24. The third-order valence-corrected chi connectivity index (χ3v) is 2.37. The van der Waals surface area contributed by atoms with E-state index in [2.05, 4.69) is 43.4 Å². The summed E-state index contributed by atoms with van der Waals surface area (Å²) >= 11 is 0. The van der Waals surface area contributed by atoms with Crippen LogP contribution in [0.5, 0.6) is 0 Å². The largest absolute Gasteiger partial charge is 0.313 e. The van der Waals surface area contributed by atoms with Gasteiger partial charge in [0.05, 0.1) is 0 Å². The third-order valence-electron chi connectivity index (χ3n) is 2.37. The Morgan fingerprint density at radius 2 is 2.15 bits per heavy atom. The molecule has 0 saturated carbocycles. The Kier molecular flexibility index (Phi) is 3.97. The van der Waals surface area contributed by atoms with Crippen molar-refractivity contribution < 1.29 is 0 Å². The van der Waals surface area contributed by atoms with Crippen LogP contribution in [0.4, 0.5) is 0 Å². The van der Waals surface area contributed by atoms with Crippen LogP contribution in [0.1, 0.15) is 36.9 Å². The van der Waals surface area contributed by atoms with Crippen molar-refractivity contribution in [1.29, 1.82) is 0 Å². The molecule has 1 heteroatoms. The molecular weight excluding hydrogens is 158 g/mol. The average molecular weight is 177 g/mol. The van der Waals surface area contributed by atoms with Crippen LogP contribution in [0, 0.1) is 6.92 Å². The monoisotopic (exact) mass is 177 g/mol. The van der Waals surface area contributed by atoms with Crippen molar-refractivity contribution in [1.82, 2.24) is 5.32 Å². The first-order chi connectivity index (χ1) is 6.27. The zero-order valence-electron chi connectivity index (χ0n) is 8.80. The number of hydrogen-bond donors (Lipinski definition) is 1. The molecule has 0 bridgehead atoms. The fourth-order valence-corrected chi connectivity index (χ4v) is 1.65. The SMILES string of the molecule is CCCC(NC)c1cccc(C)c1. The van der Waals surface area contributed by atoms with Gasteiger partial charge in [0.25, 0.3) is 0 Å². The quantitative estimate of drug-likeness (QED) is 0.745. The molecule has 1 unspecified atom stereocenters. The maximum atomic E-state index is 3.35. The van der Waals surface area contributed by atoms with Gasteiger partial charge in [-0.2, -0.15) is 0 Å². The molecule has 0 fully saturated rings. The van der Waals surface area contributed by atoms with Gasteiger partial charge in [0.2, 0.25) is 0 Å².